The van der Waals surface area contributed by atoms with E-state index in [-0.39, 0.29) is 5.56 Å². The van der Waals surface area contributed by atoms with Crippen LogP contribution in [0.5, 0.6) is 0 Å². The third-order valence-electron chi connectivity index (χ3n) is 3.45. The van der Waals surface area contributed by atoms with E-state index in [0.29, 0.717) is 22.5 Å². The maximum atomic E-state index is 11.5. The normalized spacial score (nSPS) is 11.0. The fourth-order valence-electron chi connectivity index (χ4n) is 2.25. The van der Waals surface area contributed by atoms with Gasteiger partial charge >= 0.3 is 5.97 Å². The van der Waals surface area contributed by atoms with E-state index in [2.05, 4.69) is 30.5 Å². The highest BCUT2D eigenvalue weighted by atomic mass is 32.2. The molecule has 4 aromatic rings. The Hall–Kier alpha value is -2.63. The van der Waals surface area contributed by atoms with Crippen LogP contribution in [0.2, 0.25) is 0 Å². The van der Waals surface area contributed by atoms with Crippen LogP contribution in [0, 0.1) is 6.92 Å². The predicted octanol–water partition coefficient (Wildman–Crippen LogP) is 3.98. The average Bonchev–Trinajstić information content (AvgIpc) is 3.25. The van der Waals surface area contributed by atoms with Crippen molar-refractivity contribution >= 4 is 61.7 Å². The molecule has 8 nitrogen and oxygen atoms in total. The highest BCUT2D eigenvalue weighted by Crippen LogP contribution is 2.29. The van der Waals surface area contributed by atoms with Crippen molar-refractivity contribution in [3.63, 3.8) is 0 Å². The molecular formula is C16H12N6O2S3. The quantitative estimate of drug-likeness (QED) is 0.450. The van der Waals surface area contributed by atoms with Gasteiger partial charge in [-0.15, -0.1) is 10.2 Å². The van der Waals surface area contributed by atoms with Gasteiger partial charge in [0.25, 0.3) is 0 Å². The molecule has 0 atom stereocenters. The molecule has 0 amide bonds. The van der Waals surface area contributed by atoms with Gasteiger partial charge in [-0.05, 0) is 19.1 Å². The number of hydrogen-bond donors (Lipinski definition) is 2. The van der Waals surface area contributed by atoms with E-state index in [9.17, 15) is 9.90 Å². The van der Waals surface area contributed by atoms with Crippen LogP contribution in [0.4, 0.5) is 11.1 Å². The van der Waals surface area contributed by atoms with Crippen LogP contribution in [-0.2, 0) is 5.75 Å². The molecule has 3 heterocycles. The standard InChI is InChI=1S/C16H12N6O2S3/c1-8-21-22-16(26-8)25-7-11-9(13(23)24)6-17-14(18-11)20-15-19-10-4-2-3-5-12(10)27-15/h2-6H,7H2,1H3,(H,23,24)(H,17,18,19,20). The summed E-state index contributed by atoms with van der Waals surface area (Å²) in [7, 11) is 0. The fraction of sp³-hybridized carbons (Fsp3) is 0.125. The number of fused-ring (bicyclic) bond motifs is 1. The first-order valence-electron chi connectivity index (χ1n) is 7.73. The minimum atomic E-state index is -1.06. The van der Waals surface area contributed by atoms with E-state index in [0.717, 1.165) is 19.6 Å². The minimum absolute atomic E-state index is 0.0681. The van der Waals surface area contributed by atoms with Crippen LogP contribution >= 0.6 is 34.4 Å². The van der Waals surface area contributed by atoms with E-state index < -0.39 is 5.97 Å². The van der Waals surface area contributed by atoms with Crippen LogP contribution < -0.4 is 5.32 Å². The monoisotopic (exact) mass is 416 g/mol. The lowest BCUT2D eigenvalue weighted by molar-refractivity contribution is 0.0695. The molecule has 0 saturated heterocycles. The van der Waals surface area contributed by atoms with Gasteiger partial charge in [0.15, 0.2) is 9.47 Å². The van der Waals surface area contributed by atoms with E-state index in [1.54, 1.807) is 0 Å². The van der Waals surface area contributed by atoms with Crippen LogP contribution in [0.15, 0.2) is 34.8 Å². The van der Waals surface area contributed by atoms with Crippen molar-refractivity contribution in [2.45, 2.75) is 17.0 Å². The number of aromatic nitrogens is 5. The first kappa shape index (κ1) is 17.8. The Balaban J connectivity index is 1.58. The summed E-state index contributed by atoms with van der Waals surface area (Å²) in [5, 5.41) is 22.0. The molecule has 11 heteroatoms. The van der Waals surface area contributed by atoms with Crippen molar-refractivity contribution in [1.82, 2.24) is 25.1 Å². The molecule has 0 unspecified atom stereocenters. The maximum Gasteiger partial charge on any atom is 0.339 e. The van der Waals surface area contributed by atoms with Crippen molar-refractivity contribution in [2.24, 2.45) is 0 Å². The van der Waals surface area contributed by atoms with E-state index in [1.165, 1.54) is 40.6 Å². The number of benzene rings is 1. The number of hydrogen-bond acceptors (Lipinski definition) is 10. The second-order valence-electron chi connectivity index (χ2n) is 5.35. The third-order valence-corrected chi connectivity index (χ3v) is 6.39. The number of nitrogens with one attached hydrogen (secondary N) is 1. The molecule has 3 aromatic heterocycles. The summed E-state index contributed by atoms with van der Waals surface area (Å²) in [4.78, 5) is 24.5. The van der Waals surface area contributed by atoms with Gasteiger partial charge in [-0.25, -0.2) is 19.7 Å². The van der Waals surface area contributed by atoms with Crippen LogP contribution in [0.25, 0.3) is 10.2 Å². The third kappa shape index (κ3) is 4.04. The highest BCUT2D eigenvalue weighted by Gasteiger charge is 2.16. The van der Waals surface area contributed by atoms with Crippen LogP contribution in [0.1, 0.15) is 21.1 Å². The van der Waals surface area contributed by atoms with Gasteiger partial charge in [-0.2, -0.15) is 0 Å². The first-order chi connectivity index (χ1) is 13.1. The van der Waals surface area contributed by atoms with Crippen molar-refractivity contribution in [2.75, 3.05) is 5.32 Å². The zero-order valence-electron chi connectivity index (χ0n) is 13.9. The Morgan fingerprint density at radius 3 is 2.81 bits per heavy atom. The van der Waals surface area contributed by atoms with Gasteiger partial charge in [0.1, 0.15) is 10.6 Å². The van der Waals surface area contributed by atoms with E-state index >= 15 is 0 Å². The summed E-state index contributed by atoms with van der Waals surface area (Å²) in [6.45, 7) is 1.87. The molecule has 1 aromatic carbocycles. The molecular weight excluding hydrogens is 404 g/mol. The first-order valence-corrected chi connectivity index (χ1v) is 10.3. The fourth-order valence-corrected chi connectivity index (χ4v) is 4.88. The largest absolute Gasteiger partial charge is 0.478 e. The smallest absolute Gasteiger partial charge is 0.339 e. The number of rotatable bonds is 6. The number of carboxylic acid groups (broad SMARTS) is 1. The van der Waals surface area contributed by atoms with Gasteiger partial charge in [0, 0.05) is 11.9 Å². The molecule has 0 aliphatic rings. The second-order valence-corrected chi connectivity index (χ2v) is 8.78. The molecule has 0 aliphatic heterocycles. The molecule has 0 radical (unpaired) electrons. The summed E-state index contributed by atoms with van der Waals surface area (Å²) < 4.78 is 1.81. The average molecular weight is 417 g/mol. The Kier molecular flexibility index (Phi) is 4.97. The highest BCUT2D eigenvalue weighted by molar-refractivity contribution is 8.00. The number of anilines is 2. The molecule has 0 spiro atoms. The summed E-state index contributed by atoms with van der Waals surface area (Å²) in [5.74, 6) is -0.401. The number of nitrogens with zero attached hydrogens (tertiary/aromatic N) is 5. The molecule has 2 N–H and O–H groups in total. The lowest BCUT2D eigenvalue weighted by Crippen LogP contribution is -2.08. The predicted molar refractivity (Wildman–Crippen MR) is 106 cm³/mol. The Morgan fingerprint density at radius 1 is 1.22 bits per heavy atom. The van der Waals surface area contributed by atoms with E-state index in [4.69, 9.17) is 0 Å². The number of thiazole rings is 1. The summed E-state index contributed by atoms with van der Waals surface area (Å²) in [6.07, 6.45) is 1.31. The number of aromatic carboxylic acids is 1. The van der Waals surface area contributed by atoms with Crippen molar-refractivity contribution in [1.29, 1.82) is 0 Å². The minimum Gasteiger partial charge on any atom is -0.478 e. The summed E-state index contributed by atoms with van der Waals surface area (Å²) in [5.41, 5.74) is 1.37. The Bertz CT molecular complexity index is 1090. The second kappa shape index (κ2) is 7.55. The number of carbonyl (C=O) groups is 1. The molecule has 136 valence electrons. The topological polar surface area (TPSA) is 114 Å². The van der Waals surface area contributed by atoms with Crippen molar-refractivity contribution in [3.8, 4) is 0 Å². The van der Waals surface area contributed by atoms with Gasteiger partial charge in [-0.3, -0.25) is 0 Å². The summed E-state index contributed by atoms with van der Waals surface area (Å²) in [6, 6.07) is 7.79. The van der Waals surface area contributed by atoms with Crippen LogP contribution in [-0.4, -0.2) is 36.2 Å². The Morgan fingerprint density at radius 2 is 2.07 bits per heavy atom. The number of aryl methyl sites for hydroxylation is 1. The lowest BCUT2D eigenvalue weighted by Gasteiger charge is -2.06. The van der Waals surface area contributed by atoms with Gasteiger partial charge in [-0.1, -0.05) is 46.6 Å². The van der Waals surface area contributed by atoms with Crippen molar-refractivity contribution < 1.29 is 9.90 Å². The molecule has 0 fully saturated rings. The van der Waals surface area contributed by atoms with E-state index in [1.807, 2.05) is 31.2 Å². The van der Waals surface area contributed by atoms with Gasteiger partial charge < -0.3 is 10.4 Å². The molecule has 0 aliphatic carbocycles. The van der Waals surface area contributed by atoms with Gasteiger partial charge in [0.2, 0.25) is 5.95 Å². The zero-order valence-corrected chi connectivity index (χ0v) is 16.4. The van der Waals surface area contributed by atoms with Crippen molar-refractivity contribution in [3.05, 3.63) is 46.7 Å². The molecule has 0 bridgehead atoms. The van der Waals surface area contributed by atoms with Gasteiger partial charge in [0.05, 0.1) is 15.9 Å². The summed E-state index contributed by atoms with van der Waals surface area (Å²) >= 11 is 4.33. The lowest BCUT2D eigenvalue weighted by atomic mass is 10.2. The SMILES string of the molecule is Cc1nnc(SCc2nc(Nc3nc4ccccc4s3)ncc2C(=O)O)s1. The molecule has 27 heavy (non-hydrogen) atoms. The number of para-hydroxylation sites is 1. The zero-order chi connectivity index (χ0) is 18.8. The molecule has 4 rings (SSSR count). The maximum absolute atomic E-state index is 11.5. The number of thioether (sulfide) groups is 1. The Labute approximate surface area is 165 Å². The molecule has 0 saturated carbocycles. The number of carboxylic acids is 1. The van der Waals surface area contributed by atoms with Crippen LogP contribution in [0.3, 0.4) is 0 Å².